The Morgan fingerprint density at radius 3 is 2.69 bits per heavy atom. The predicted octanol–water partition coefficient (Wildman–Crippen LogP) is 3.56. The predicted molar refractivity (Wildman–Crippen MR) is 67.1 cm³/mol. The molecule has 0 radical (unpaired) electrons. The first-order chi connectivity index (χ1) is 7.65. The second-order valence-corrected chi connectivity index (χ2v) is 4.53. The van der Waals surface area contributed by atoms with Gasteiger partial charge < -0.3 is 5.32 Å². The van der Waals surface area contributed by atoms with E-state index in [2.05, 4.69) is 26.1 Å². The molecule has 2 heteroatoms. The van der Waals surface area contributed by atoms with Crippen LogP contribution in [-0.4, -0.2) is 13.1 Å². The Bertz CT molecular complexity index is 311. The Kier molecular flexibility index (Phi) is 5.47. The molecule has 0 aliphatic heterocycles. The molecule has 2 unspecified atom stereocenters. The van der Waals surface area contributed by atoms with Crippen LogP contribution in [0, 0.1) is 11.7 Å². The maximum absolute atomic E-state index is 13.1. The second kappa shape index (κ2) is 6.64. The molecule has 0 fully saturated rings. The third-order valence-corrected chi connectivity index (χ3v) is 3.12. The molecule has 0 saturated carbocycles. The molecule has 2 atom stereocenters. The zero-order valence-electron chi connectivity index (χ0n) is 10.5. The summed E-state index contributed by atoms with van der Waals surface area (Å²) in [6, 6.07) is 6.93. The van der Waals surface area contributed by atoms with Crippen molar-refractivity contribution in [3.05, 3.63) is 35.6 Å². The molecule has 16 heavy (non-hydrogen) atoms. The van der Waals surface area contributed by atoms with Gasteiger partial charge in [-0.15, -0.1) is 0 Å². The lowest BCUT2D eigenvalue weighted by Crippen LogP contribution is -2.25. The fraction of sp³-hybridized carbons (Fsp3) is 0.571. The van der Waals surface area contributed by atoms with E-state index in [0.717, 1.165) is 25.1 Å². The zero-order valence-corrected chi connectivity index (χ0v) is 10.5. The van der Waals surface area contributed by atoms with Gasteiger partial charge in [0.2, 0.25) is 0 Å². The van der Waals surface area contributed by atoms with Gasteiger partial charge in [0, 0.05) is 0 Å². The summed E-state index contributed by atoms with van der Waals surface area (Å²) in [5.41, 5.74) is 1.09. The Balaban J connectivity index is 2.52. The van der Waals surface area contributed by atoms with Crippen molar-refractivity contribution >= 4 is 0 Å². The molecule has 90 valence electrons. The normalized spacial score (nSPS) is 14.8. The molecule has 0 aliphatic carbocycles. The molecular weight excluding hydrogens is 201 g/mol. The fourth-order valence-electron chi connectivity index (χ4n) is 1.80. The van der Waals surface area contributed by atoms with E-state index in [0.29, 0.717) is 11.8 Å². The van der Waals surface area contributed by atoms with Crippen molar-refractivity contribution in [2.24, 2.45) is 5.92 Å². The number of hydrogen-bond donors (Lipinski definition) is 1. The van der Waals surface area contributed by atoms with Crippen molar-refractivity contribution < 1.29 is 4.39 Å². The highest BCUT2D eigenvalue weighted by molar-refractivity contribution is 5.20. The highest BCUT2D eigenvalue weighted by Gasteiger charge is 2.14. The Hall–Kier alpha value is -0.890. The molecule has 1 nitrogen and oxygen atoms in total. The van der Waals surface area contributed by atoms with Gasteiger partial charge in [-0.05, 0) is 49.0 Å². The molecule has 0 saturated heterocycles. The van der Waals surface area contributed by atoms with Gasteiger partial charge in [0.1, 0.15) is 5.82 Å². The maximum atomic E-state index is 13.1. The van der Waals surface area contributed by atoms with Crippen LogP contribution in [0.25, 0.3) is 0 Å². The van der Waals surface area contributed by atoms with Crippen LogP contribution in [0.4, 0.5) is 4.39 Å². The Labute approximate surface area is 98.1 Å². The van der Waals surface area contributed by atoms with E-state index >= 15 is 0 Å². The smallest absolute Gasteiger partial charge is 0.123 e. The molecule has 0 bridgehead atoms. The number of rotatable bonds is 6. The van der Waals surface area contributed by atoms with E-state index < -0.39 is 0 Å². The number of hydrogen-bond acceptors (Lipinski definition) is 1. The molecule has 1 rings (SSSR count). The van der Waals surface area contributed by atoms with Crippen molar-refractivity contribution in [1.82, 2.24) is 5.32 Å². The van der Waals surface area contributed by atoms with Crippen molar-refractivity contribution in [2.75, 3.05) is 13.1 Å². The van der Waals surface area contributed by atoms with Crippen molar-refractivity contribution in [1.29, 1.82) is 0 Å². The quantitative estimate of drug-likeness (QED) is 0.727. The Morgan fingerprint density at radius 1 is 1.31 bits per heavy atom. The van der Waals surface area contributed by atoms with Crippen molar-refractivity contribution in [3.63, 3.8) is 0 Å². The van der Waals surface area contributed by atoms with E-state index in [1.807, 2.05) is 6.07 Å². The molecule has 1 N–H and O–H groups in total. The van der Waals surface area contributed by atoms with Gasteiger partial charge in [0.15, 0.2) is 0 Å². The summed E-state index contributed by atoms with van der Waals surface area (Å²) in [6.45, 7) is 8.57. The van der Waals surface area contributed by atoms with Crippen molar-refractivity contribution in [3.8, 4) is 0 Å². The first-order valence-corrected chi connectivity index (χ1v) is 6.11. The fourth-order valence-corrected chi connectivity index (χ4v) is 1.80. The summed E-state index contributed by atoms with van der Waals surface area (Å²) in [6.07, 6.45) is 1.15. The van der Waals surface area contributed by atoms with Gasteiger partial charge in [-0.3, -0.25) is 0 Å². The van der Waals surface area contributed by atoms with Crippen LogP contribution in [-0.2, 0) is 0 Å². The first-order valence-electron chi connectivity index (χ1n) is 6.11. The van der Waals surface area contributed by atoms with E-state index in [1.165, 1.54) is 6.07 Å². The summed E-state index contributed by atoms with van der Waals surface area (Å²) in [4.78, 5) is 0. The van der Waals surface area contributed by atoms with Gasteiger partial charge in [-0.25, -0.2) is 4.39 Å². The third-order valence-electron chi connectivity index (χ3n) is 3.12. The average molecular weight is 223 g/mol. The van der Waals surface area contributed by atoms with E-state index in [1.54, 1.807) is 12.1 Å². The van der Waals surface area contributed by atoms with Gasteiger partial charge in [0.25, 0.3) is 0 Å². The van der Waals surface area contributed by atoms with Gasteiger partial charge in [0.05, 0.1) is 0 Å². The topological polar surface area (TPSA) is 12.0 Å². The number of benzene rings is 1. The second-order valence-electron chi connectivity index (χ2n) is 4.53. The van der Waals surface area contributed by atoms with Crippen LogP contribution in [0.3, 0.4) is 0 Å². The van der Waals surface area contributed by atoms with Crippen LogP contribution >= 0.6 is 0 Å². The minimum Gasteiger partial charge on any atom is -0.316 e. The van der Waals surface area contributed by atoms with E-state index in [4.69, 9.17) is 0 Å². The summed E-state index contributed by atoms with van der Waals surface area (Å²) < 4.78 is 13.1. The Morgan fingerprint density at radius 2 is 2.06 bits per heavy atom. The van der Waals surface area contributed by atoms with Gasteiger partial charge in [-0.1, -0.05) is 32.9 Å². The molecule has 0 amide bonds. The lowest BCUT2D eigenvalue weighted by atomic mass is 9.89. The minimum atomic E-state index is -0.141. The molecule has 0 spiro atoms. The highest BCUT2D eigenvalue weighted by atomic mass is 19.1. The van der Waals surface area contributed by atoms with E-state index in [-0.39, 0.29) is 5.82 Å². The van der Waals surface area contributed by atoms with Crippen molar-refractivity contribution in [2.45, 2.75) is 33.1 Å². The molecule has 1 aromatic rings. The number of nitrogens with one attached hydrogen (secondary N) is 1. The SMILES string of the molecule is CCCNCC(C)C(C)c1cccc(F)c1. The third kappa shape index (κ3) is 3.93. The molecule has 0 heterocycles. The summed E-state index contributed by atoms with van der Waals surface area (Å²) >= 11 is 0. The summed E-state index contributed by atoms with van der Waals surface area (Å²) in [5, 5.41) is 3.41. The molecule has 0 aliphatic rings. The molecule has 1 aromatic carbocycles. The van der Waals surface area contributed by atoms with E-state index in [9.17, 15) is 4.39 Å². The monoisotopic (exact) mass is 223 g/mol. The van der Waals surface area contributed by atoms with Crippen LogP contribution in [0.15, 0.2) is 24.3 Å². The van der Waals surface area contributed by atoms with Gasteiger partial charge >= 0.3 is 0 Å². The number of halogens is 1. The maximum Gasteiger partial charge on any atom is 0.123 e. The minimum absolute atomic E-state index is 0.141. The highest BCUT2D eigenvalue weighted by Crippen LogP contribution is 2.23. The van der Waals surface area contributed by atoms with Crippen LogP contribution in [0.5, 0.6) is 0 Å². The zero-order chi connectivity index (χ0) is 12.0. The van der Waals surface area contributed by atoms with Crippen LogP contribution < -0.4 is 5.32 Å². The first kappa shape index (κ1) is 13.2. The molecule has 0 aromatic heterocycles. The molecular formula is C14H22FN. The van der Waals surface area contributed by atoms with Gasteiger partial charge in [-0.2, -0.15) is 0 Å². The summed E-state index contributed by atoms with van der Waals surface area (Å²) in [5.74, 6) is 0.770. The van der Waals surface area contributed by atoms with Crippen LogP contribution in [0.2, 0.25) is 0 Å². The standard InChI is InChI=1S/C14H22FN/c1-4-8-16-10-11(2)12(3)13-6-5-7-14(15)9-13/h5-7,9,11-12,16H,4,8,10H2,1-3H3. The summed E-state index contributed by atoms with van der Waals surface area (Å²) in [7, 11) is 0. The largest absolute Gasteiger partial charge is 0.316 e. The average Bonchev–Trinajstić information content (AvgIpc) is 2.28. The lowest BCUT2D eigenvalue weighted by Gasteiger charge is -2.20. The van der Waals surface area contributed by atoms with Crippen LogP contribution in [0.1, 0.15) is 38.7 Å². The lowest BCUT2D eigenvalue weighted by molar-refractivity contribution is 0.446.